The second kappa shape index (κ2) is 7.65. The molecule has 5 nitrogen and oxygen atoms in total. The molecular formula is C15H22N4O. The molecule has 2 aromatic heterocycles. The summed E-state index contributed by atoms with van der Waals surface area (Å²) in [6.45, 7) is 7.32. The summed E-state index contributed by atoms with van der Waals surface area (Å²) < 4.78 is 7.42. The number of hydrogen-bond donors (Lipinski definition) is 1. The SMILES string of the molecule is CCOCCCNc1nccn1Cc1cnccc1C. The van der Waals surface area contributed by atoms with Crippen LogP contribution in [0.5, 0.6) is 0 Å². The Morgan fingerprint density at radius 1 is 1.35 bits per heavy atom. The number of aromatic nitrogens is 3. The Hall–Kier alpha value is -1.88. The summed E-state index contributed by atoms with van der Waals surface area (Å²) in [7, 11) is 0. The van der Waals surface area contributed by atoms with E-state index in [0.717, 1.165) is 38.7 Å². The van der Waals surface area contributed by atoms with E-state index in [1.165, 1.54) is 11.1 Å². The molecule has 1 N–H and O–H groups in total. The zero-order valence-electron chi connectivity index (χ0n) is 12.2. The third kappa shape index (κ3) is 4.06. The minimum atomic E-state index is 0.773. The zero-order valence-corrected chi connectivity index (χ0v) is 12.2. The van der Waals surface area contributed by atoms with Crippen LogP contribution in [0.1, 0.15) is 24.5 Å². The van der Waals surface area contributed by atoms with Crippen molar-refractivity contribution in [2.24, 2.45) is 0 Å². The number of aryl methyl sites for hydroxylation is 1. The van der Waals surface area contributed by atoms with E-state index in [-0.39, 0.29) is 0 Å². The monoisotopic (exact) mass is 274 g/mol. The van der Waals surface area contributed by atoms with Crippen LogP contribution in [0, 0.1) is 6.92 Å². The minimum Gasteiger partial charge on any atom is -0.382 e. The van der Waals surface area contributed by atoms with Crippen LogP contribution in [0.25, 0.3) is 0 Å². The maximum absolute atomic E-state index is 5.32. The molecule has 2 aromatic rings. The van der Waals surface area contributed by atoms with Crippen LogP contribution in [0.2, 0.25) is 0 Å². The van der Waals surface area contributed by atoms with Gasteiger partial charge in [-0.15, -0.1) is 0 Å². The van der Waals surface area contributed by atoms with Crippen molar-refractivity contribution in [2.75, 3.05) is 25.1 Å². The summed E-state index contributed by atoms with van der Waals surface area (Å²) in [5.41, 5.74) is 2.46. The number of ether oxygens (including phenoxy) is 1. The van der Waals surface area contributed by atoms with E-state index in [4.69, 9.17) is 4.74 Å². The van der Waals surface area contributed by atoms with E-state index in [1.54, 1.807) is 0 Å². The Labute approximate surface area is 120 Å². The van der Waals surface area contributed by atoms with Crippen LogP contribution in [0.15, 0.2) is 30.9 Å². The maximum atomic E-state index is 5.32. The Balaban J connectivity index is 1.90. The number of nitrogens with zero attached hydrogens (tertiary/aromatic N) is 3. The fraction of sp³-hybridized carbons (Fsp3) is 0.467. The quantitative estimate of drug-likeness (QED) is 0.751. The molecule has 0 saturated heterocycles. The van der Waals surface area contributed by atoms with Gasteiger partial charge in [0.2, 0.25) is 5.95 Å². The van der Waals surface area contributed by atoms with Gasteiger partial charge in [0.15, 0.2) is 0 Å². The van der Waals surface area contributed by atoms with Gasteiger partial charge in [0.25, 0.3) is 0 Å². The van der Waals surface area contributed by atoms with Crippen LogP contribution < -0.4 is 5.32 Å². The molecule has 0 saturated carbocycles. The van der Waals surface area contributed by atoms with E-state index in [2.05, 4.69) is 26.8 Å². The average molecular weight is 274 g/mol. The van der Waals surface area contributed by atoms with Crippen molar-refractivity contribution in [1.82, 2.24) is 14.5 Å². The number of imidazole rings is 1. The van der Waals surface area contributed by atoms with Gasteiger partial charge in [-0.1, -0.05) is 0 Å². The highest BCUT2D eigenvalue weighted by atomic mass is 16.5. The van der Waals surface area contributed by atoms with Crippen molar-refractivity contribution < 1.29 is 4.74 Å². The van der Waals surface area contributed by atoms with Gasteiger partial charge in [0.1, 0.15) is 0 Å². The van der Waals surface area contributed by atoms with Crippen molar-refractivity contribution in [3.63, 3.8) is 0 Å². The van der Waals surface area contributed by atoms with Gasteiger partial charge in [0, 0.05) is 44.5 Å². The van der Waals surface area contributed by atoms with Gasteiger partial charge in [-0.05, 0) is 37.5 Å². The lowest BCUT2D eigenvalue weighted by Gasteiger charge is -2.11. The molecule has 20 heavy (non-hydrogen) atoms. The first-order chi connectivity index (χ1) is 9.81. The Morgan fingerprint density at radius 3 is 3.05 bits per heavy atom. The molecule has 2 heterocycles. The molecule has 0 atom stereocenters. The molecule has 0 aromatic carbocycles. The van der Waals surface area contributed by atoms with E-state index in [0.29, 0.717) is 0 Å². The summed E-state index contributed by atoms with van der Waals surface area (Å²) in [5.74, 6) is 0.893. The van der Waals surface area contributed by atoms with Crippen LogP contribution in [0.3, 0.4) is 0 Å². The lowest BCUT2D eigenvalue weighted by molar-refractivity contribution is 0.147. The molecule has 0 radical (unpaired) electrons. The van der Waals surface area contributed by atoms with Gasteiger partial charge in [0.05, 0.1) is 6.54 Å². The molecule has 0 fully saturated rings. The molecule has 0 bridgehead atoms. The van der Waals surface area contributed by atoms with Crippen molar-refractivity contribution in [2.45, 2.75) is 26.8 Å². The largest absolute Gasteiger partial charge is 0.382 e. The molecule has 0 amide bonds. The molecule has 0 aliphatic heterocycles. The molecular weight excluding hydrogens is 252 g/mol. The van der Waals surface area contributed by atoms with Crippen molar-refractivity contribution in [3.8, 4) is 0 Å². The molecule has 0 aliphatic rings. The summed E-state index contributed by atoms with van der Waals surface area (Å²) in [6, 6.07) is 2.03. The third-order valence-corrected chi connectivity index (χ3v) is 3.16. The molecule has 5 heteroatoms. The normalized spacial score (nSPS) is 10.7. The van der Waals surface area contributed by atoms with E-state index < -0.39 is 0 Å². The van der Waals surface area contributed by atoms with Crippen LogP contribution in [-0.4, -0.2) is 34.3 Å². The third-order valence-electron chi connectivity index (χ3n) is 3.16. The summed E-state index contributed by atoms with van der Waals surface area (Å²) in [6.07, 6.45) is 8.51. The molecule has 0 aliphatic carbocycles. The Bertz CT molecular complexity index is 524. The fourth-order valence-corrected chi connectivity index (χ4v) is 1.97. The van der Waals surface area contributed by atoms with Crippen molar-refractivity contribution >= 4 is 5.95 Å². The predicted molar refractivity (Wildman–Crippen MR) is 79.9 cm³/mol. The summed E-state index contributed by atoms with van der Waals surface area (Å²) in [4.78, 5) is 8.53. The number of nitrogens with one attached hydrogen (secondary N) is 1. The molecule has 2 rings (SSSR count). The topological polar surface area (TPSA) is 52.0 Å². The Kier molecular flexibility index (Phi) is 5.55. The molecule has 0 spiro atoms. The number of rotatable bonds is 8. The van der Waals surface area contributed by atoms with Gasteiger partial charge < -0.3 is 14.6 Å². The lowest BCUT2D eigenvalue weighted by Crippen LogP contribution is -2.11. The first kappa shape index (κ1) is 14.5. The molecule has 108 valence electrons. The van der Waals surface area contributed by atoms with Crippen molar-refractivity contribution in [1.29, 1.82) is 0 Å². The average Bonchev–Trinajstić information content (AvgIpc) is 2.89. The van der Waals surface area contributed by atoms with Crippen molar-refractivity contribution in [3.05, 3.63) is 42.0 Å². The second-order valence-corrected chi connectivity index (χ2v) is 4.66. The summed E-state index contributed by atoms with van der Waals surface area (Å²) in [5, 5.41) is 3.34. The Morgan fingerprint density at radius 2 is 2.25 bits per heavy atom. The van der Waals surface area contributed by atoms with Gasteiger partial charge >= 0.3 is 0 Å². The highest BCUT2D eigenvalue weighted by molar-refractivity contribution is 5.29. The molecule has 0 unspecified atom stereocenters. The van der Waals surface area contributed by atoms with E-state index in [1.807, 2.05) is 37.8 Å². The second-order valence-electron chi connectivity index (χ2n) is 4.66. The highest BCUT2D eigenvalue weighted by Crippen LogP contribution is 2.11. The first-order valence-electron chi connectivity index (χ1n) is 7.03. The smallest absolute Gasteiger partial charge is 0.203 e. The zero-order chi connectivity index (χ0) is 14.2. The minimum absolute atomic E-state index is 0.773. The summed E-state index contributed by atoms with van der Waals surface area (Å²) >= 11 is 0. The number of hydrogen-bond acceptors (Lipinski definition) is 4. The van der Waals surface area contributed by atoms with Crippen LogP contribution >= 0.6 is 0 Å². The predicted octanol–water partition coefficient (Wildman–Crippen LogP) is 2.47. The van der Waals surface area contributed by atoms with Gasteiger partial charge in [-0.2, -0.15) is 0 Å². The standard InChI is InChI=1S/C15H22N4O/c1-3-20-10-4-6-17-15-18-8-9-19(15)12-14-11-16-7-5-13(14)2/h5,7-9,11H,3-4,6,10,12H2,1-2H3,(H,17,18). The fourth-order valence-electron chi connectivity index (χ4n) is 1.97. The van der Waals surface area contributed by atoms with E-state index >= 15 is 0 Å². The van der Waals surface area contributed by atoms with Gasteiger partial charge in [-0.25, -0.2) is 4.98 Å². The number of pyridine rings is 1. The number of anilines is 1. The maximum Gasteiger partial charge on any atom is 0.203 e. The first-order valence-corrected chi connectivity index (χ1v) is 7.03. The highest BCUT2D eigenvalue weighted by Gasteiger charge is 2.04. The van der Waals surface area contributed by atoms with Gasteiger partial charge in [-0.3, -0.25) is 4.98 Å². The lowest BCUT2D eigenvalue weighted by atomic mass is 10.1. The van der Waals surface area contributed by atoms with Crippen LogP contribution in [0.4, 0.5) is 5.95 Å². The van der Waals surface area contributed by atoms with Crippen LogP contribution in [-0.2, 0) is 11.3 Å². The van der Waals surface area contributed by atoms with E-state index in [9.17, 15) is 0 Å².